The first-order valence-corrected chi connectivity index (χ1v) is 11.5. The van der Waals surface area contributed by atoms with Crippen LogP contribution in [0.1, 0.15) is 22.6 Å². The van der Waals surface area contributed by atoms with Crippen LogP contribution >= 0.6 is 0 Å². The minimum atomic E-state index is -0.220. The van der Waals surface area contributed by atoms with Gasteiger partial charge in [-0.3, -0.25) is 0 Å². The molecule has 1 aliphatic rings. The second-order valence-electron chi connectivity index (χ2n) is 8.58. The molecular weight excluding hydrogens is 412 g/mol. The van der Waals surface area contributed by atoms with Crippen LogP contribution in [-0.2, 0) is 0 Å². The number of nitrogens with zero attached hydrogens (tertiary/aromatic N) is 2. The third kappa shape index (κ3) is 3.29. The Hall–Kier alpha value is -4.52. The van der Waals surface area contributed by atoms with Gasteiger partial charge >= 0.3 is 5.71 Å². The molecule has 0 radical (unpaired) electrons. The zero-order chi connectivity index (χ0) is 22.9. The Kier molecular flexibility index (Phi) is 4.99. The molecule has 0 aromatic heterocycles. The molecule has 0 saturated heterocycles. The largest absolute Gasteiger partial charge is 0.361 e. The molecule has 2 heteroatoms. The molecule has 160 valence electrons. The van der Waals surface area contributed by atoms with Gasteiger partial charge in [0.25, 0.3) is 0 Å². The number of hydrogen-bond donors (Lipinski definition) is 0. The lowest BCUT2D eigenvalue weighted by molar-refractivity contribution is -0.00562. The molecule has 0 amide bonds. The molecule has 1 unspecified atom stereocenters. The van der Waals surface area contributed by atoms with Crippen LogP contribution in [0.2, 0.25) is 0 Å². The van der Waals surface area contributed by atoms with E-state index in [4.69, 9.17) is 0 Å². The zero-order valence-corrected chi connectivity index (χ0v) is 18.6. The summed E-state index contributed by atoms with van der Waals surface area (Å²) >= 11 is 0. The lowest BCUT2D eigenvalue weighted by atomic mass is 9.74. The average molecular weight is 435 g/mol. The van der Waals surface area contributed by atoms with Crippen LogP contribution in [0.3, 0.4) is 0 Å². The molecule has 0 N–H and O–H groups in total. The molecule has 34 heavy (non-hydrogen) atoms. The molecule has 5 aromatic carbocycles. The highest BCUT2D eigenvalue weighted by molar-refractivity contribution is 6.30. The van der Waals surface area contributed by atoms with Crippen LogP contribution in [0, 0.1) is 0 Å². The highest BCUT2D eigenvalue weighted by Crippen LogP contribution is 2.44. The zero-order valence-electron chi connectivity index (χ0n) is 18.6. The van der Waals surface area contributed by atoms with E-state index in [1.54, 1.807) is 0 Å². The van der Waals surface area contributed by atoms with Gasteiger partial charge in [-0.05, 0) is 49.9 Å². The molecule has 0 bridgehead atoms. The molecule has 0 heterocycles. The first kappa shape index (κ1) is 20.1. The molecule has 1 aliphatic carbocycles. The number of rotatable bonds is 3. The highest BCUT2D eigenvalue weighted by atomic mass is 14.9. The van der Waals surface area contributed by atoms with Gasteiger partial charge in [0.2, 0.25) is 0 Å². The number of allylic oxidation sites excluding steroid dienone is 4. The summed E-state index contributed by atoms with van der Waals surface area (Å²) in [5.41, 5.74) is 16.5. The minimum absolute atomic E-state index is 0.220. The van der Waals surface area contributed by atoms with Gasteiger partial charge in [-0.25, -0.2) is 0 Å². The fourth-order valence-corrected chi connectivity index (χ4v) is 5.17. The second kappa shape index (κ2) is 8.44. The Morgan fingerprint density at radius 1 is 0.559 bits per heavy atom. The van der Waals surface area contributed by atoms with Crippen LogP contribution in [0.4, 0.5) is 0 Å². The van der Waals surface area contributed by atoms with E-state index in [1.165, 1.54) is 16.2 Å². The summed E-state index contributed by atoms with van der Waals surface area (Å²) in [5.74, 6) is -0.220. The second-order valence-corrected chi connectivity index (χ2v) is 8.58. The van der Waals surface area contributed by atoms with Crippen molar-refractivity contribution in [1.29, 1.82) is 0 Å². The summed E-state index contributed by atoms with van der Waals surface area (Å²) in [4.78, 5) is 3.93. The van der Waals surface area contributed by atoms with Crippen molar-refractivity contribution in [1.82, 2.24) is 0 Å². The summed E-state index contributed by atoms with van der Waals surface area (Å²) < 4.78 is 0. The Balaban J connectivity index is 1.67. The SMILES string of the molecule is [N-]=[N+]=C1C(c2ccccc2)=CC=C(c2cccc3ccccc23)C1c1cccc2ccccc12. The standard InChI is InChI=1S/C32H22N2/c33-34-32-27(24-10-2-1-3-11-24)20-21-30(28-18-8-14-22-12-4-6-16-25(22)28)31(32)29-19-9-15-23-13-5-7-17-26(23)29/h1-21,31H. The van der Waals surface area contributed by atoms with E-state index in [9.17, 15) is 5.53 Å². The van der Waals surface area contributed by atoms with E-state index in [0.717, 1.165) is 33.2 Å². The maximum Gasteiger partial charge on any atom is 0.311 e. The summed E-state index contributed by atoms with van der Waals surface area (Å²) in [6.07, 6.45) is 4.29. The Bertz CT molecular complexity index is 1640. The van der Waals surface area contributed by atoms with Crippen LogP contribution in [0.5, 0.6) is 0 Å². The predicted octanol–water partition coefficient (Wildman–Crippen LogP) is 7.93. The van der Waals surface area contributed by atoms with Crippen LogP contribution in [0.25, 0.3) is 38.2 Å². The Labute approximate surface area is 198 Å². The Morgan fingerprint density at radius 2 is 1.18 bits per heavy atom. The van der Waals surface area contributed by atoms with Crippen molar-refractivity contribution in [3.05, 3.63) is 150 Å². The first-order valence-electron chi connectivity index (χ1n) is 11.5. The van der Waals surface area contributed by atoms with Crippen molar-refractivity contribution in [2.24, 2.45) is 0 Å². The van der Waals surface area contributed by atoms with E-state index in [2.05, 4.69) is 114 Å². The molecule has 0 saturated carbocycles. The normalized spacial score (nSPS) is 15.6. The Morgan fingerprint density at radius 3 is 1.94 bits per heavy atom. The van der Waals surface area contributed by atoms with E-state index in [1.807, 2.05) is 18.2 Å². The number of fused-ring (bicyclic) bond motifs is 2. The fraction of sp³-hybridized carbons (Fsp3) is 0.0312. The first-order chi connectivity index (χ1) is 16.8. The van der Waals surface area contributed by atoms with Gasteiger partial charge in [0.15, 0.2) is 0 Å². The number of hydrogen-bond acceptors (Lipinski definition) is 0. The van der Waals surface area contributed by atoms with Gasteiger partial charge < -0.3 is 5.53 Å². The van der Waals surface area contributed by atoms with Crippen LogP contribution in [-0.4, -0.2) is 10.5 Å². The van der Waals surface area contributed by atoms with E-state index < -0.39 is 0 Å². The van der Waals surface area contributed by atoms with Gasteiger partial charge in [0.1, 0.15) is 5.92 Å². The van der Waals surface area contributed by atoms with Gasteiger partial charge in [-0.15, -0.1) is 0 Å². The van der Waals surface area contributed by atoms with Crippen molar-refractivity contribution in [2.75, 3.05) is 0 Å². The predicted molar refractivity (Wildman–Crippen MR) is 142 cm³/mol. The smallest absolute Gasteiger partial charge is 0.311 e. The minimum Gasteiger partial charge on any atom is -0.361 e. The molecule has 6 rings (SSSR count). The molecule has 0 aliphatic heterocycles. The third-order valence-electron chi connectivity index (χ3n) is 6.72. The monoisotopic (exact) mass is 434 g/mol. The molecule has 2 nitrogen and oxygen atoms in total. The molecule has 0 fully saturated rings. The number of benzene rings is 5. The van der Waals surface area contributed by atoms with Crippen molar-refractivity contribution in [2.45, 2.75) is 5.92 Å². The maximum atomic E-state index is 10.4. The van der Waals surface area contributed by atoms with Crippen LogP contribution in [0.15, 0.2) is 127 Å². The summed E-state index contributed by atoms with van der Waals surface area (Å²) in [5, 5.41) is 4.72. The van der Waals surface area contributed by atoms with E-state index >= 15 is 0 Å². The maximum absolute atomic E-state index is 10.4. The van der Waals surface area contributed by atoms with Gasteiger partial charge in [-0.2, -0.15) is 4.79 Å². The topological polar surface area (TPSA) is 36.4 Å². The highest BCUT2D eigenvalue weighted by Gasteiger charge is 2.37. The van der Waals surface area contributed by atoms with E-state index in [-0.39, 0.29) is 5.92 Å². The van der Waals surface area contributed by atoms with Gasteiger partial charge in [0, 0.05) is 0 Å². The average Bonchev–Trinajstić information content (AvgIpc) is 2.92. The lowest BCUT2D eigenvalue weighted by Gasteiger charge is -2.24. The lowest BCUT2D eigenvalue weighted by Crippen LogP contribution is -2.20. The summed E-state index contributed by atoms with van der Waals surface area (Å²) in [6.45, 7) is 0. The van der Waals surface area contributed by atoms with Gasteiger partial charge in [0.05, 0.1) is 5.57 Å². The quantitative estimate of drug-likeness (QED) is 0.204. The molecular formula is C32H22N2. The molecule has 0 spiro atoms. The van der Waals surface area contributed by atoms with E-state index in [0.29, 0.717) is 5.71 Å². The van der Waals surface area contributed by atoms with Crippen molar-refractivity contribution in [3.63, 3.8) is 0 Å². The van der Waals surface area contributed by atoms with Crippen molar-refractivity contribution < 1.29 is 4.79 Å². The molecule has 1 atom stereocenters. The fourth-order valence-electron chi connectivity index (χ4n) is 5.17. The van der Waals surface area contributed by atoms with Gasteiger partial charge in [-0.1, -0.05) is 121 Å². The summed E-state index contributed by atoms with van der Waals surface area (Å²) in [6, 6.07) is 39.8. The third-order valence-corrected chi connectivity index (χ3v) is 6.72. The van der Waals surface area contributed by atoms with Crippen LogP contribution < -0.4 is 0 Å². The van der Waals surface area contributed by atoms with Crippen molar-refractivity contribution in [3.8, 4) is 0 Å². The van der Waals surface area contributed by atoms with Crippen molar-refractivity contribution >= 4 is 38.4 Å². The summed E-state index contributed by atoms with van der Waals surface area (Å²) in [7, 11) is 0. The molecule has 5 aromatic rings.